The van der Waals surface area contributed by atoms with Crippen LogP contribution in [-0.4, -0.2) is 79.6 Å². The van der Waals surface area contributed by atoms with Crippen LogP contribution < -0.4 is 14.8 Å². The molecule has 2 atom stereocenters. The number of nitrogens with zero attached hydrogens (tertiary/aromatic N) is 3. The third-order valence-corrected chi connectivity index (χ3v) is 8.25. The van der Waals surface area contributed by atoms with Crippen molar-refractivity contribution in [3.8, 4) is 40.0 Å². The summed E-state index contributed by atoms with van der Waals surface area (Å²) in [5, 5.41) is 22.5. The van der Waals surface area contributed by atoms with Crippen LogP contribution >= 0.6 is 0 Å². The quantitative estimate of drug-likeness (QED) is 0.311. The van der Waals surface area contributed by atoms with Gasteiger partial charge in [-0.1, -0.05) is 6.07 Å². The summed E-state index contributed by atoms with van der Waals surface area (Å²) in [7, 11) is 3.50. The van der Waals surface area contributed by atoms with Crippen LogP contribution in [0.1, 0.15) is 35.2 Å². The minimum Gasteiger partial charge on any atom is -0.496 e. The van der Waals surface area contributed by atoms with E-state index in [9.17, 15) is 15.2 Å². The number of amides is 1. The number of hydrogen-bond acceptors (Lipinski definition) is 9. The molecule has 2 aliphatic rings. The van der Waals surface area contributed by atoms with Gasteiger partial charge in [0.25, 0.3) is 5.91 Å². The first-order valence-corrected chi connectivity index (χ1v) is 14.4. The van der Waals surface area contributed by atoms with Crippen LogP contribution in [0.15, 0.2) is 59.1 Å². The van der Waals surface area contributed by atoms with Gasteiger partial charge in [-0.25, -0.2) is 0 Å². The van der Waals surface area contributed by atoms with Gasteiger partial charge in [0, 0.05) is 54.9 Å². The number of likely N-dealkylation sites (tertiary alicyclic amines) is 1. The number of aromatic nitrogens is 1. The highest BCUT2D eigenvalue weighted by atomic mass is 16.5. The number of rotatable bonds is 8. The maximum absolute atomic E-state index is 13.0. The molecule has 2 saturated heterocycles. The predicted molar refractivity (Wildman–Crippen MR) is 160 cm³/mol. The number of aliphatic hydroxyl groups excluding tert-OH is 1. The Kier molecular flexibility index (Phi) is 8.29. The number of hydrogen-bond donors (Lipinski definition) is 2. The van der Waals surface area contributed by atoms with Crippen LogP contribution in [0.2, 0.25) is 0 Å². The smallest absolute Gasteiger partial charge is 0.251 e. The summed E-state index contributed by atoms with van der Waals surface area (Å²) in [6.45, 7) is 2.06. The van der Waals surface area contributed by atoms with Crippen molar-refractivity contribution in [3.05, 3.63) is 65.9 Å². The van der Waals surface area contributed by atoms with Gasteiger partial charge in [-0.2, -0.15) is 5.26 Å². The number of carbonyl (C=O) groups excluding carboxylic acids is 1. The predicted octanol–water partition coefficient (Wildman–Crippen LogP) is 4.39. The van der Waals surface area contributed by atoms with E-state index in [4.69, 9.17) is 18.6 Å². The number of furan rings is 1. The zero-order valence-corrected chi connectivity index (χ0v) is 24.2. The number of carbonyl (C=O) groups is 1. The topological polar surface area (TPSA) is 130 Å². The summed E-state index contributed by atoms with van der Waals surface area (Å²) in [5.74, 6) is 1.40. The lowest BCUT2D eigenvalue weighted by molar-refractivity contribution is 0.0254. The van der Waals surface area contributed by atoms with Crippen molar-refractivity contribution < 1.29 is 28.5 Å². The highest BCUT2D eigenvalue weighted by Crippen LogP contribution is 2.38. The maximum Gasteiger partial charge on any atom is 0.251 e. The van der Waals surface area contributed by atoms with E-state index in [1.165, 1.54) is 0 Å². The molecule has 2 aromatic carbocycles. The molecule has 2 aliphatic heterocycles. The molecule has 2 fully saturated rings. The van der Waals surface area contributed by atoms with Crippen LogP contribution in [0.5, 0.6) is 11.5 Å². The van der Waals surface area contributed by atoms with Gasteiger partial charge in [-0.15, -0.1) is 0 Å². The highest BCUT2D eigenvalue weighted by Gasteiger charge is 2.30. The number of nitrogens with one attached hydrogen (secondary N) is 1. The van der Waals surface area contributed by atoms with Gasteiger partial charge in [-0.3, -0.25) is 14.7 Å². The van der Waals surface area contributed by atoms with Crippen molar-refractivity contribution in [2.45, 2.75) is 37.5 Å². The number of likely N-dealkylation sites (N-methyl/N-ethyl adjacent to an activating group) is 1. The summed E-state index contributed by atoms with van der Waals surface area (Å²) in [4.78, 5) is 19.6. The van der Waals surface area contributed by atoms with Crippen LogP contribution in [0.4, 0.5) is 0 Å². The molecular formula is C33H34N4O6. The Morgan fingerprint density at radius 1 is 1.14 bits per heavy atom. The zero-order valence-electron chi connectivity index (χ0n) is 24.2. The van der Waals surface area contributed by atoms with Crippen molar-refractivity contribution in [1.29, 1.82) is 5.26 Å². The second-order valence-corrected chi connectivity index (χ2v) is 11.0. The Balaban J connectivity index is 1.26. The van der Waals surface area contributed by atoms with Crippen molar-refractivity contribution in [2.24, 2.45) is 0 Å². The number of benzene rings is 2. The van der Waals surface area contributed by atoms with E-state index >= 15 is 0 Å². The monoisotopic (exact) mass is 582 g/mol. The van der Waals surface area contributed by atoms with Gasteiger partial charge in [0.15, 0.2) is 5.58 Å². The molecule has 0 unspecified atom stereocenters. The SMILES string of the molecule is COc1cc(C(=O)N[C@@H]2C[C@H](CO)N(C)C2)ccc1-c1cc2nccc(-c3ccc(OC4CCOCC4)c(C#N)c3)c2o1. The lowest BCUT2D eigenvalue weighted by Gasteiger charge is -2.23. The zero-order chi connectivity index (χ0) is 29.9. The molecule has 0 aliphatic carbocycles. The maximum atomic E-state index is 13.0. The fourth-order valence-corrected chi connectivity index (χ4v) is 5.86. The van der Waals surface area contributed by atoms with Crippen LogP contribution in [0.25, 0.3) is 33.6 Å². The molecule has 2 N–H and O–H groups in total. The standard InChI is InChI=1S/C33H34N4O6/c1-37-18-23(15-24(37)19-38)36-33(39)21-3-5-27(30(14-21)40-2)31-16-28-32(43-31)26(7-10-35-28)20-4-6-29(22(13-20)17-34)42-25-8-11-41-12-9-25/h3-7,10,13-14,16,23-25,38H,8-9,11-12,15,18-19H2,1-2H3,(H,36,39)/t23-,24-/m1/s1. The van der Waals surface area contributed by atoms with Gasteiger partial charge in [0.05, 0.1) is 38.1 Å². The molecule has 0 saturated carbocycles. The molecule has 10 heteroatoms. The summed E-state index contributed by atoms with van der Waals surface area (Å²) in [6.07, 6.45) is 4.03. The second-order valence-electron chi connectivity index (χ2n) is 11.0. The molecule has 43 heavy (non-hydrogen) atoms. The van der Waals surface area contributed by atoms with Gasteiger partial charge < -0.3 is 29.1 Å². The third kappa shape index (κ3) is 5.92. The third-order valence-electron chi connectivity index (χ3n) is 8.25. The van der Waals surface area contributed by atoms with Crippen LogP contribution in [0, 0.1) is 11.3 Å². The number of ether oxygens (including phenoxy) is 3. The Bertz CT molecular complexity index is 1670. The molecule has 0 spiro atoms. The molecule has 4 heterocycles. The van der Waals surface area contributed by atoms with E-state index in [0.717, 1.165) is 24.0 Å². The van der Waals surface area contributed by atoms with E-state index < -0.39 is 0 Å². The summed E-state index contributed by atoms with van der Waals surface area (Å²) >= 11 is 0. The van der Waals surface area contributed by atoms with Crippen molar-refractivity contribution in [1.82, 2.24) is 15.2 Å². The average molecular weight is 583 g/mol. The highest BCUT2D eigenvalue weighted by molar-refractivity contribution is 5.97. The number of nitriles is 1. The lowest BCUT2D eigenvalue weighted by Crippen LogP contribution is -2.36. The minimum atomic E-state index is -0.201. The Morgan fingerprint density at radius 2 is 1.98 bits per heavy atom. The Morgan fingerprint density at radius 3 is 2.72 bits per heavy atom. The number of fused-ring (bicyclic) bond motifs is 1. The fraction of sp³-hybridized carbons (Fsp3) is 0.364. The molecule has 0 bridgehead atoms. The first-order chi connectivity index (χ1) is 21.0. The van der Waals surface area contributed by atoms with Crippen molar-refractivity contribution >= 4 is 17.0 Å². The largest absolute Gasteiger partial charge is 0.496 e. The first kappa shape index (κ1) is 28.7. The van der Waals surface area contributed by atoms with E-state index in [2.05, 4.69) is 21.3 Å². The summed E-state index contributed by atoms with van der Waals surface area (Å²) in [6, 6.07) is 16.8. The Hall–Kier alpha value is -4.43. The average Bonchev–Trinajstić information content (AvgIpc) is 3.64. The van der Waals surface area contributed by atoms with Gasteiger partial charge in [-0.05, 0) is 55.4 Å². The van der Waals surface area contributed by atoms with Crippen LogP contribution in [-0.2, 0) is 4.74 Å². The molecule has 0 radical (unpaired) electrons. The molecule has 6 rings (SSSR count). The summed E-state index contributed by atoms with van der Waals surface area (Å²) < 4.78 is 23.6. The summed E-state index contributed by atoms with van der Waals surface area (Å²) in [5.41, 5.74) is 4.44. The number of methoxy groups -OCH3 is 1. The van der Waals surface area contributed by atoms with Gasteiger partial charge in [0.2, 0.25) is 0 Å². The molecular weight excluding hydrogens is 548 g/mol. The lowest BCUT2D eigenvalue weighted by atomic mass is 10.0. The van der Waals surface area contributed by atoms with Gasteiger partial charge in [0.1, 0.15) is 34.9 Å². The fourth-order valence-electron chi connectivity index (χ4n) is 5.86. The first-order valence-electron chi connectivity index (χ1n) is 14.4. The molecule has 1 amide bonds. The second kappa shape index (κ2) is 12.4. The van der Waals surface area contributed by atoms with Gasteiger partial charge >= 0.3 is 0 Å². The Labute approximate surface area is 249 Å². The number of aliphatic hydroxyl groups is 1. The van der Waals surface area contributed by atoms with Crippen LogP contribution in [0.3, 0.4) is 0 Å². The molecule has 10 nitrogen and oxygen atoms in total. The van der Waals surface area contributed by atoms with Crippen molar-refractivity contribution in [3.63, 3.8) is 0 Å². The molecule has 2 aromatic heterocycles. The van der Waals surface area contributed by atoms with E-state index in [0.29, 0.717) is 71.2 Å². The normalized spacial score (nSPS) is 19.3. The van der Waals surface area contributed by atoms with E-state index in [-0.39, 0.29) is 30.7 Å². The van der Waals surface area contributed by atoms with E-state index in [1.807, 2.05) is 37.4 Å². The molecule has 4 aromatic rings. The van der Waals surface area contributed by atoms with E-state index in [1.54, 1.807) is 31.5 Å². The van der Waals surface area contributed by atoms with Crippen molar-refractivity contribution in [2.75, 3.05) is 40.5 Å². The number of pyridine rings is 1. The molecule has 222 valence electrons. The minimum absolute atomic E-state index is 0.0300.